The lowest BCUT2D eigenvalue weighted by molar-refractivity contribution is 0.414. The summed E-state index contributed by atoms with van der Waals surface area (Å²) in [5.41, 5.74) is 4.83. The van der Waals surface area contributed by atoms with E-state index in [4.69, 9.17) is 14.1 Å². The maximum Gasteiger partial charge on any atom is 0.191 e. The van der Waals surface area contributed by atoms with E-state index in [-0.39, 0.29) is 0 Å². The van der Waals surface area contributed by atoms with E-state index in [9.17, 15) is 0 Å². The van der Waals surface area contributed by atoms with Gasteiger partial charge in [-0.1, -0.05) is 12.1 Å². The van der Waals surface area contributed by atoms with Crippen LogP contribution in [0.3, 0.4) is 0 Å². The Morgan fingerprint density at radius 1 is 1.10 bits per heavy atom. The third kappa shape index (κ3) is 6.64. The Balaban J connectivity index is 1.54. The summed E-state index contributed by atoms with van der Waals surface area (Å²) in [7, 11) is 3.67. The van der Waals surface area contributed by atoms with E-state index in [1.807, 2.05) is 48.1 Å². The molecule has 7 nitrogen and oxygen atoms in total. The fraction of sp³-hybridized carbons (Fsp3) is 0.417. The monoisotopic (exact) mass is 423 g/mol. The molecule has 0 saturated heterocycles. The molecule has 0 radical (unpaired) electrons. The predicted octanol–water partition coefficient (Wildman–Crippen LogP) is 3.55. The van der Waals surface area contributed by atoms with Crippen LogP contribution in [0.1, 0.15) is 34.7 Å². The van der Waals surface area contributed by atoms with Crippen LogP contribution >= 0.6 is 0 Å². The lowest BCUT2D eigenvalue weighted by Gasteiger charge is -2.13. The van der Waals surface area contributed by atoms with Crippen molar-refractivity contribution in [2.45, 2.75) is 39.7 Å². The minimum absolute atomic E-state index is 0.598. The van der Waals surface area contributed by atoms with Crippen molar-refractivity contribution in [1.82, 2.24) is 20.4 Å². The number of methoxy groups -OCH3 is 1. The number of aromatic nitrogens is 2. The van der Waals surface area contributed by atoms with Gasteiger partial charge in [0.15, 0.2) is 5.96 Å². The molecule has 0 saturated carbocycles. The van der Waals surface area contributed by atoms with E-state index >= 15 is 0 Å². The number of nitrogens with one attached hydrogen (secondary N) is 2. The zero-order valence-electron chi connectivity index (χ0n) is 18.9. The number of hydrogen-bond acceptors (Lipinski definition) is 4. The number of hydrogen-bond donors (Lipinski definition) is 2. The highest BCUT2D eigenvalue weighted by molar-refractivity contribution is 5.79. The van der Waals surface area contributed by atoms with Gasteiger partial charge in [-0.2, -0.15) is 5.10 Å². The van der Waals surface area contributed by atoms with Crippen LogP contribution in [0.2, 0.25) is 0 Å². The number of nitrogens with zero attached hydrogens (tertiary/aromatic N) is 3. The number of aryl methyl sites for hydroxylation is 2. The molecule has 0 atom stereocenters. The smallest absolute Gasteiger partial charge is 0.191 e. The summed E-state index contributed by atoms with van der Waals surface area (Å²) in [6.45, 7) is 6.39. The van der Waals surface area contributed by atoms with E-state index in [0.717, 1.165) is 61.1 Å². The molecule has 1 aromatic carbocycles. The molecule has 0 aliphatic heterocycles. The maximum absolute atomic E-state index is 5.42. The quantitative estimate of drug-likeness (QED) is 0.296. The highest BCUT2D eigenvalue weighted by Gasteiger charge is 2.09. The van der Waals surface area contributed by atoms with Gasteiger partial charge in [-0.25, -0.2) is 4.99 Å². The summed E-state index contributed by atoms with van der Waals surface area (Å²) in [5, 5.41) is 11.4. The predicted molar refractivity (Wildman–Crippen MR) is 124 cm³/mol. The summed E-state index contributed by atoms with van der Waals surface area (Å²) in [5.74, 6) is 2.62. The van der Waals surface area contributed by atoms with Gasteiger partial charge in [0.2, 0.25) is 0 Å². The van der Waals surface area contributed by atoms with Gasteiger partial charge in [0, 0.05) is 32.3 Å². The van der Waals surface area contributed by atoms with Gasteiger partial charge < -0.3 is 19.8 Å². The van der Waals surface area contributed by atoms with Crippen LogP contribution in [-0.4, -0.2) is 35.9 Å². The van der Waals surface area contributed by atoms with Gasteiger partial charge in [0.25, 0.3) is 0 Å². The molecule has 0 fully saturated rings. The van der Waals surface area contributed by atoms with Crippen LogP contribution in [0.4, 0.5) is 0 Å². The number of furan rings is 1. The average molecular weight is 424 g/mol. The number of guanidine groups is 1. The second-order valence-electron chi connectivity index (χ2n) is 7.57. The first kappa shape index (κ1) is 22.5. The van der Waals surface area contributed by atoms with E-state index in [1.54, 1.807) is 13.4 Å². The molecule has 166 valence electrons. The SMILES string of the molecule is COc1ccc(CN=C(NCCCc2c(C)nn(C)c2C)NCCc2ccco2)cc1. The molecule has 0 amide bonds. The van der Waals surface area contributed by atoms with Gasteiger partial charge in [0.1, 0.15) is 11.5 Å². The molecule has 2 heterocycles. The molecule has 3 aromatic rings. The molecule has 7 heteroatoms. The molecule has 3 rings (SSSR count). The first-order valence-electron chi connectivity index (χ1n) is 10.7. The first-order valence-corrected chi connectivity index (χ1v) is 10.7. The van der Waals surface area contributed by atoms with E-state index in [1.165, 1.54) is 11.3 Å². The molecular weight excluding hydrogens is 390 g/mol. The normalized spacial score (nSPS) is 11.5. The molecule has 0 spiro atoms. The van der Waals surface area contributed by atoms with Gasteiger partial charge in [-0.3, -0.25) is 4.68 Å². The first-order chi connectivity index (χ1) is 15.1. The number of aliphatic imine (C=N–C) groups is 1. The van der Waals surface area contributed by atoms with Crippen molar-refractivity contribution in [3.63, 3.8) is 0 Å². The largest absolute Gasteiger partial charge is 0.497 e. The molecule has 0 aliphatic carbocycles. The van der Waals surface area contributed by atoms with Crippen LogP contribution in [0.25, 0.3) is 0 Å². The molecular formula is C24H33N5O2. The van der Waals surface area contributed by atoms with Crippen LogP contribution in [0, 0.1) is 13.8 Å². The van der Waals surface area contributed by atoms with Gasteiger partial charge in [0.05, 0.1) is 25.6 Å². The van der Waals surface area contributed by atoms with Gasteiger partial charge in [-0.15, -0.1) is 0 Å². The molecule has 0 bridgehead atoms. The van der Waals surface area contributed by atoms with Gasteiger partial charge >= 0.3 is 0 Å². The van der Waals surface area contributed by atoms with Crippen molar-refractivity contribution >= 4 is 5.96 Å². The zero-order chi connectivity index (χ0) is 22.1. The molecule has 0 aliphatic rings. The Bertz CT molecular complexity index is 959. The molecule has 0 unspecified atom stereocenters. The number of benzene rings is 1. The summed E-state index contributed by atoms with van der Waals surface area (Å²) >= 11 is 0. The second-order valence-corrected chi connectivity index (χ2v) is 7.57. The lowest BCUT2D eigenvalue weighted by Crippen LogP contribution is -2.39. The summed E-state index contributed by atoms with van der Waals surface area (Å²) in [4.78, 5) is 4.76. The van der Waals surface area contributed by atoms with Gasteiger partial charge in [-0.05, 0) is 62.1 Å². The number of rotatable bonds is 10. The summed E-state index contributed by atoms with van der Waals surface area (Å²) in [6, 6.07) is 11.9. The standard InChI is InChI=1S/C24H33N5O2/c1-18-23(19(2)29(3)28-18)8-5-14-25-24(26-15-13-22-7-6-16-31-22)27-17-20-9-11-21(30-4)12-10-20/h6-7,9-12,16H,5,8,13-15,17H2,1-4H3,(H2,25,26,27). The summed E-state index contributed by atoms with van der Waals surface area (Å²) < 4.78 is 12.6. The van der Waals surface area contributed by atoms with E-state index in [0.29, 0.717) is 6.54 Å². The highest BCUT2D eigenvalue weighted by atomic mass is 16.5. The van der Waals surface area contributed by atoms with Crippen LogP contribution in [-0.2, 0) is 26.4 Å². The number of ether oxygens (including phenoxy) is 1. The van der Waals surface area contributed by atoms with Crippen LogP contribution in [0.15, 0.2) is 52.1 Å². The van der Waals surface area contributed by atoms with Crippen LogP contribution < -0.4 is 15.4 Å². The fourth-order valence-corrected chi connectivity index (χ4v) is 3.49. The molecule has 2 N–H and O–H groups in total. The second kappa shape index (κ2) is 11.2. The Labute approximate surface area is 184 Å². The Kier molecular flexibility index (Phi) is 8.15. The maximum atomic E-state index is 5.42. The van der Waals surface area contributed by atoms with Crippen molar-refractivity contribution in [2.24, 2.45) is 12.0 Å². The Hall–Kier alpha value is -3.22. The zero-order valence-corrected chi connectivity index (χ0v) is 18.9. The summed E-state index contributed by atoms with van der Waals surface area (Å²) in [6.07, 6.45) is 4.52. The Morgan fingerprint density at radius 2 is 1.87 bits per heavy atom. The van der Waals surface area contributed by atoms with Crippen molar-refractivity contribution in [3.05, 3.63) is 70.9 Å². The minimum atomic E-state index is 0.598. The highest BCUT2D eigenvalue weighted by Crippen LogP contribution is 2.14. The fourth-order valence-electron chi connectivity index (χ4n) is 3.49. The van der Waals surface area contributed by atoms with E-state index < -0.39 is 0 Å². The van der Waals surface area contributed by atoms with E-state index in [2.05, 4.69) is 29.6 Å². The van der Waals surface area contributed by atoms with Crippen molar-refractivity contribution < 1.29 is 9.15 Å². The third-order valence-corrected chi connectivity index (χ3v) is 5.38. The van der Waals surface area contributed by atoms with Crippen molar-refractivity contribution in [2.75, 3.05) is 20.2 Å². The molecule has 31 heavy (non-hydrogen) atoms. The Morgan fingerprint density at radius 3 is 2.52 bits per heavy atom. The minimum Gasteiger partial charge on any atom is -0.497 e. The van der Waals surface area contributed by atoms with Crippen LogP contribution in [0.5, 0.6) is 5.75 Å². The molecule has 2 aromatic heterocycles. The van der Waals surface area contributed by atoms with Crippen molar-refractivity contribution in [3.8, 4) is 5.75 Å². The lowest BCUT2D eigenvalue weighted by atomic mass is 10.1. The van der Waals surface area contributed by atoms with Crippen molar-refractivity contribution in [1.29, 1.82) is 0 Å². The average Bonchev–Trinajstić information content (AvgIpc) is 3.38. The third-order valence-electron chi connectivity index (χ3n) is 5.38. The topological polar surface area (TPSA) is 76.6 Å².